The van der Waals surface area contributed by atoms with E-state index in [2.05, 4.69) is 27.5 Å². The Morgan fingerprint density at radius 3 is 3.20 bits per heavy atom. The number of hydrogen-bond acceptors (Lipinski definition) is 3. The molecule has 1 atom stereocenters. The zero-order valence-electron chi connectivity index (χ0n) is 8.07. The van der Waals surface area contributed by atoms with Gasteiger partial charge < -0.3 is 9.64 Å². The van der Waals surface area contributed by atoms with Crippen molar-refractivity contribution in [3.63, 3.8) is 0 Å². The molecule has 0 spiro atoms. The van der Waals surface area contributed by atoms with Crippen LogP contribution in [0.25, 0.3) is 0 Å². The molecule has 0 radical (unpaired) electrons. The normalized spacial score (nSPS) is 23.4. The molecular weight excluding hydrogens is 305 g/mol. The summed E-state index contributed by atoms with van der Waals surface area (Å²) < 4.78 is 6.45. The topological polar surface area (TPSA) is 29.5 Å². The molecule has 1 saturated heterocycles. The number of hydrogen-bond donors (Lipinski definition) is 0. The minimum atomic E-state index is -0.174. The van der Waals surface area contributed by atoms with Gasteiger partial charge in [-0.2, -0.15) is 0 Å². The first-order chi connectivity index (χ1) is 7.25. The van der Waals surface area contributed by atoms with Crippen molar-refractivity contribution in [3.05, 3.63) is 27.3 Å². The number of ether oxygens (including phenoxy) is 1. The summed E-state index contributed by atoms with van der Waals surface area (Å²) in [6.45, 7) is 0.992. The number of nitrogens with zero attached hydrogens (tertiary/aromatic N) is 1. The fraction of sp³-hybridized carbons (Fsp3) is 0.364. The van der Waals surface area contributed by atoms with Gasteiger partial charge in [-0.3, -0.25) is 0 Å². The second-order valence-corrected chi connectivity index (χ2v) is 5.10. The van der Waals surface area contributed by atoms with Crippen LogP contribution in [-0.4, -0.2) is 18.7 Å². The first kappa shape index (κ1) is 9.45. The van der Waals surface area contributed by atoms with E-state index in [1.807, 2.05) is 18.2 Å². The van der Waals surface area contributed by atoms with Crippen LogP contribution in [0.4, 0.5) is 5.69 Å². The smallest absolute Gasteiger partial charge is 0.342 e. The van der Waals surface area contributed by atoms with Crippen molar-refractivity contribution >= 4 is 34.2 Å². The van der Waals surface area contributed by atoms with E-state index in [4.69, 9.17) is 4.74 Å². The SMILES string of the molecule is O=C1OC2CCCN2c2ccc(I)cc21. The van der Waals surface area contributed by atoms with Crippen LogP contribution >= 0.6 is 22.6 Å². The highest BCUT2D eigenvalue weighted by Gasteiger charge is 2.35. The third-order valence-corrected chi connectivity index (χ3v) is 3.60. The van der Waals surface area contributed by atoms with E-state index >= 15 is 0 Å². The van der Waals surface area contributed by atoms with E-state index < -0.39 is 0 Å². The number of carbonyl (C=O) groups excluding carboxylic acids is 1. The largest absolute Gasteiger partial charge is 0.438 e. The lowest BCUT2D eigenvalue weighted by atomic mass is 10.1. The highest BCUT2D eigenvalue weighted by atomic mass is 127. The molecule has 1 aromatic carbocycles. The van der Waals surface area contributed by atoms with Crippen molar-refractivity contribution in [1.29, 1.82) is 0 Å². The average Bonchev–Trinajstić information content (AvgIpc) is 2.66. The number of esters is 1. The molecule has 1 aromatic rings. The maximum absolute atomic E-state index is 11.7. The molecule has 3 rings (SSSR count). The van der Waals surface area contributed by atoms with Crippen LogP contribution in [0.2, 0.25) is 0 Å². The molecule has 0 saturated carbocycles. The molecule has 0 N–H and O–H groups in total. The number of fused-ring (bicyclic) bond motifs is 3. The predicted molar refractivity (Wildman–Crippen MR) is 64.9 cm³/mol. The van der Waals surface area contributed by atoms with Gasteiger partial charge in [0, 0.05) is 16.5 Å². The maximum atomic E-state index is 11.7. The van der Waals surface area contributed by atoms with E-state index in [-0.39, 0.29) is 12.2 Å². The lowest BCUT2D eigenvalue weighted by molar-refractivity contribution is 0.0292. The van der Waals surface area contributed by atoms with E-state index in [0.29, 0.717) is 5.56 Å². The van der Waals surface area contributed by atoms with Gasteiger partial charge in [0.15, 0.2) is 6.23 Å². The zero-order valence-corrected chi connectivity index (χ0v) is 10.2. The van der Waals surface area contributed by atoms with Crippen LogP contribution in [0.3, 0.4) is 0 Å². The molecular formula is C11H10INO2. The van der Waals surface area contributed by atoms with E-state index in [1.165, 1.54) is 0 Å². The van der Waals surface area contributed by atoms with Gasteiger partial charge in [0.05, 0.1) is 11.3 Å². The standard InChI is InChI=1S/C11H10INO2/c12-7-3-4-9-8(6-7)11(14)15-10-2-1-5-13(9)10/h3-4,6,10H,1-2,5H2. The van der Waals surface area contributed by atoms with Crippen LogP contribution < -0.4 is 4.90 Å². The van der Waals surface area contributed by atoms with Crippen LogP contribution in [-0.2, 0) is 4.74 Å². The van der Waals surface area contributed by atoms with Gasteiger partial charge >= 0.3 is 5.97 Å². The van der Waals surface area contributed by atoms with Gasteiger partial charge in [-0.15, -0.1) is 0 Å². The van der Waals surface area contributed by atoms with Crippen molar-refractivity contribution in [1.82, 2.24) is 0 Å². The van der Waals surface area contributed by atoms with Gasteiger partial charge in [0.2, 0.25) is 0 Å². The second kappa shape index (κ2) is 3.37. The summed E-state index contributed by atoms with van der Waals surface area (Å²) in [7, 11) is 0. The maximum Gasteiger partial charge on any atom is 0.342 e. The molecule has 78 valence electrons. The highest BCUT2D eigenvalue weighted by Crippen LogP contribution is 2.35. The summed E-state index contributed by atoms with van der Waals surface area (Å²) in [5.74, 6) is -0.174. The third kappa shape index (κ3) is 1.42. The fourth-order valence-electron chi connectivity index (χ4n) is 2.24. The molecule has 4 heteroatoms. The molecule has 0 bridgehead atoms. The quantitative estimate of drug-likeness (QED) is 0.544. The molecule has 0 aliphatic carbocycles. The Morgan fingerprint density at radius 2 is 2.33 bits per heavy atom. The molecule has 15 heavy (non-hydrogen) atoms. The lowest BCUT2D eigenvalue weighted by Crippen LogP contribution is -2.38. The first-order valence-electron chi connectivity index (χ1n) is 5.03. The van der Waals surface area contributed by atoms with E-state index in [1.54, 1.807) is 0 Å². The number of halogens is 1. The number of carbonyl (C=O) groups is 1. The molecule has 2 aliphatic rings. The number of anilines is 1. The first-order valence-corrected chi connectivity index (χ1v) is 6.11. The van der Waals surface area contributed by atoms with E-state index in [0.717, 1.165) is 28.6 Å². The zero-order chi connectivity index (χ0) is 10.4. The molecule has 1 unspecified atom stereocenters. The molecule has 0 amide bonds. The molecule has 1 fully saturated rings. The Labute approximate surface area is 102 Å². The summed E-state index contributed by atoms with van der Waals surface area (Å²) >= 11 is 2.21. The summed E-state index contributed by atoms with van der Waals surface area (Å²) in [4.78, 5) is 13.9. The van der Waals surface area contributed by atoms with Crippen LogP contribution in [0, 0.1) is 3.57 Å². The minimum absolute atomic E-state index is 0.0231. The fourth-order valence-corrected chi connectivity index (χ4v) is 2.73. The Balaban J connectivity index is 2.14. The van der Waals surface area contributed by atoms with Crippen molar-refractivity contribution in [2.45, 2.75) is 19.1 Å². The van der Waals surface area contributed by atoms with Crippen molar-refractivity contribution in [3.8, 4) is 0 Å². The Hall–Kier alpha value is -0.780. The molecule has 2 heterocycles. The van der Waals surface area contributed by atoms with Gasteiger partial charge in [-0.25, -0.2) is 4.79 Å². The van der Waals surface area contributed by atoms with Gasteiger partial charge in [0.1, 0.15) is 0 Å². The van der Waals surface area contributed by atoms with Crippen molar-refractivity contribution in [2.24, 2.45) is 0 Å². The van der Waals surface area contributed by atoms with Crippen LogP contribution in [0.15, 0.2) is 18.2 Å². The average molecular weight is 315 g/mol. The van der Waals surface area contributed by atoms with E-state index in [9.17, 15) is 4.79 Å². The third-order valence-electron chi connectivity index (χ3n) is 2.93. The monoisotopic (exact) mass is 315 g/mol. The van der Waals surface area contributed by atoms with Crippen molar-refractivity contribution < 1.29 is 9.53 Å². The molecule has 2 aliphatic heterocycles. The van der Waals surface area contributed by atoms with Crippen LogP contribution in [0.1, 0.15) is 23.2 Å². The number of benzene rings is 1. The van der Waals surface area contributed by atoms with Crippen LogP contribution in [0.5, 0.6) is 0 Å². The molecule has 0 aromatic heterocycles. The second-order valence-electron chi connectivity index (χ2n) is 3.86. The summed E-state index contributed by atoms with van der Waals surface area (Å²) in [6, 6.07) is 5.95. The minimum Gasteiger partial charge on any atom is -0.438 e. The van der Waals surface area contributed by atoms with Gasteiger partial charge in [-0.05, 0) is 47.2 Å². The molecule has 3 nitrogen and oxygen atoms in total. The van der Waals surface area contributed by atoms with Gasteiger partial charge in [-0.1, -0.05) is 0 Å². The lowest BCUT2D eigenvalue weighted by Gasteiger charge is -2.32. The number of rotatable bonds is 0. The summed E-state index contributed by atoms with van der Waals surface area (Å²) in [5.41, 5.74) is 1.74. The van der Waals surface area contributed by atoms with Gasteiger partial charge in [0.25, 0.3) is 0 Å². The summed E-state index contributed by atoms with van der Waals surface area (Å²) in [6.07, 6.45) is 2.03. The predicted octanol–water partition coefficient (Wildman–Crippen LogP) is 2.39. The highest BCUT2D eigenvalue weighted by molar-refractivity contribution is 14.1. The summed E-state index contributed by atoms with van der Waals surface area (Å²) in [5, 5.41) is 0. The van der Waals surface area contributed by atoms with Crippen molar-refractivity contribution in [2.75, 3.05) is 11.4 Å². The Bertz CT molecular complexity index is 433. The Kier molecular flexibility index (Phi) is 2.12. The Morgan fingerprint density at radius 1 is 1.47 bits per heavy atom.